The van der Waals surface area contributed by atoms with Crippen LogP contribution in [0.3, 0.4) is 0 Å². The first-order chi connectivity index (χ1) is 11.5. The summed E-state index contributed by atoms with van der Waals surface area (Å²) < 4.78 is 5.23. The Kier molecular flexibility index (Phi) is 5.04. The zero-order chi connectivity index (χ0) is 17.3. The molecule has 3 rings (SSSR count). The minimum atomic E-state index is -0.211. The van der Waals surface area contributed by atoms with Gasteiger partial charge in [0.25, 0.3) is 0 Å². The van der Waals surface area contributed by atoms with Crippen LogP contribution in [0, 0.1) is 13.8 Å². The van der Waals surface area contributed by atoms with Crippen LogP contribution in [0.4, 0.5) is 0 Å². The quantitative estimate of drug-likeness (QED) is 0.843. The van der Waals surface area contributed by atoms with E-state index in [0.29, 0.717) is 5.92 Å². The number of hydrogen-bond acceptors (Lipinski definition) is 5. The van der Waals surface area contributed by atoms with Crippen LogP contribution in [0.1, 0.15) is 66.2 Å². The van der Waals surface area contributed by atoms with Gasteiger partial charge < -0.3 is 9.42 Å². The Bertz CT molecular complexity index is 702. The van der Waals surface area contributed by atoms with Crippen molar-refractivity contribution in [3.05, 3.63) is 33.1 Å². The molecule has 1 amide bonds. The first-order valence-electron chi connectivity index (χ1n) is 8.67. The number of rotatable bonds is 4. The maximum Gasteiger partial charge on any atom is 0.230 e. The van der Waals surface area contributed by atoms with Crippen LogP contribution in [0.15, 0.2) is 9.90 Å². The Labute approximate surface area is 147 Å². The predicted molar refractivity (Wildman–Crippen MR) is 94.4 cm³/mol. The SMILES string of the molecule is CCc1csc([C@@H]2CCCN(C(=O)[C@@H](C)c3c(C)noc3C)C2)n1. The largest absolute Gasteiger partial charge is 0.361 e. The van der Waals surface area contributed by atoms with E-state index in [0.717, 1.165) is 55.1 Å². The van der Waals surface area contributed by atoms with Crippen molar-refractivity contribution in [1.29, 1.82) is 0 Å². The number of aryl methyl sites for hydroxylation is 3. The van der Waals surface area contributed by atoms with E-state index in [9.17, 15) is 4.79 Å². The van der Waals surface area contributed by atoms with E-state index < -0.39 is 0 Å². The van der Waals surface area contributed by atoms with Gasteiger partial charge >= 0.3 is 0 Å². The molecule has 5 nitrogen and oxygen atoms in total. The molecule has 1 aliphatic heterocycles. The normalized spacial score (nSPS) is 19.5. The molecular formula is C18H25N3O2S. The second-order valence-corrected chi connectivity index (χ2v) is 7.50. The summed E-state index contributed by atoms with van der Waals surface area (Å²) in [6.45, 7) is 9.45. The summed E-state index contributed by atoms with van der Waals surface area (Å²) in [7, 11) is 0. The van der Waals surface area contributed by atoms with Crippen molar-refractivity contribution in [2.45, 2.75) is 58.8 Å². The Hall–Kier alpha value is -1.69. The van der Waals surface area contributed by atoms with Gasteiger partial charge in [0.15, 0.2) is 0 Å². The number of aromatic nitrogens is 2. The number of likely N-dealkylation sites (tertiary alicyclic amines) is 1. The van der Waals surface area contributed by atoms with Gasteiger partial charge in [0.2, 0.25) is 5.91 Å². The summed E-state index contributed by atoms with van der Waals surface area (Å²) >= 11 is 1.73. The second kappa shape index (κ2) is 7.05. The lowest BCUT2D eigenvalue weighted by Gasteiger charge is -2.33. The molecule has 0 N–H and O–H groups in total. The van der Waals surface area contributed by atoms with Crippen LogP contribution in [-0.2, 0) is 11.2 Å². The van der Waals surface area contributed by atoms with Gasteiger partial charge in [0, 0.05) is 30.0 Å². The summed E-state index contributed by atoms with van der Waals surface area (Å²) in [6, 6.07) is 0. The third-order valence-electron chi connectivity index (χ3n) is 4.91. The minimum Gasteiger partial charge on any atom is -0.361 e. The van der Waals surface area contributed by atoms with Gasteiger partial charge in [0.05, 0.1) is 22.3 Å². The Morgan fingerprint density at radius 3 is 2.92 bits per heavy atom. The monoisotopic (exact) mass is 347 g/mol. The van der Waals surface area contributed by atoms with Gasteiger partial charge in [0.1, 0.15) is 5.76 Å². The zero-order valence-electron chi connectivity index (χ0n) is 14.8. The van der Waals surface area contributed by atoms with Crippen molar-refractivity contribution in [2.75, 3.05) is 13.1 Å². The number of thiazole rings is 1. The van der Waals surface area contributed by atoms with Gasteiger partial charge in [-0.25, -0.2) is 4.98 Å². The van der Waals surface area contributed by atoms with Gasteiger partial charge in [-0.3, -0.25) is 4.79 Å². The van der Waals surface area contributed by atoms with Crippen LogP contribution in [0.5, 0.6) is 0 Å². The van der Waals surface area contributed by atoms with Gasteiger partial charge in [-0.05, 0) is 40.0 Å². The third kappa shape index (κ3) is 3.24. The molecule has 2 aromatic rings. The van der Waals surface area contributed by atoms with Crippen LogP contribution in [0.25, 0.3) is 0 Å². The molecule has 130 valence electrons. The van der Waals surface area contributed by atoms with E-state index in [2.05, 4.69) is 17.5 Å². The topological polar surface area (TPSA) is 59.2 Å². The highest BCUT2D eigenvalue weighted by molar-refractivity contribution is 7.09. The lowest BCUT2D eigenvalue weighted by molar-refractivity contribution is -0.133. The fourth-order valence-corrected chi connectivity index (χ4v) is 4.59. The standard InChI is InChI=1S/C18H25N3O2S/c1-5-15-10-24-17(19-15)14-7-6-8-21(9-14)18(22)11(2)16-12(3)20-23-13(16)4/h10-11,14H,5-9H2,1-4H3/t11-,14+/m0/s1. The molecule has 0 aromatic carbocycles. The van der Waals surface area contributed by atoms with Gasteiger partial charge in [-0.2, -0.15) is 0 Å². The molecule has 0 radical (unpaired) electrons. The molecule has 1 saturated heterocycles. The van der Waals surface area contributed by atoms with Crippen molar-refractivity contribution in [3.8, 4) is 0 Å². The Morgan fingerprint density at radius 2 is 2.29 bits per heavy atom. The summed E-state index contributed by atoms with van der Waals surface area (Å²) in [5, 5.41) is 7.30. The molecule has 6 heteroatoms. The van der Waals surface area contributed by atoms with Crippen molar-refractivity contribution < 1.29 is 9.32 Å². The molecule has 1 aliphatic rings. The van der Waals surface area contributed by atoms with Gasteiger partial charge in [-0.15, -0.1) is 11.3 Å². The second-order valence-electron chi connectivity index (χ2n) is 6.61. The first kappa shape index (κ1) is 17.1. The highest BCUT2D eigenvalue weighted by atomic mass is 32.1. The highest BCUT2D eigenvalue weighted by Gasteiger charge is 2.31. The number of hydrogen-bond donors (Lipinski definition) is 0. The molecule has 2 atom stereocenters. The van der Waals surface area contributed by atoms with Crippen molar-refractivity contribution in [2.24, 2.45) is 0 Å². The summed E-state index contributed by atoms with van der Waals surface area (Å²) in [6.07, 6.45) is 3.11. The van der Waals surface area contributed by atoms with Crippen molar-refractivity contribution in [1.82, 2.24) is 15.0 Å². The molecule has 0 aliphatic carbocycles. The molecule has 3 heterocycles. The Morgan fingerprint density at radius 1 is 1.50 bits per heavy atom. The molecule has 24 heavy (non-hydrogen) atoms. The van der Waals surface area contributed by atoms with E-state index in [4.69, 9.17) is 9.51 Å². The van der Waals surface area contributed by atoms with E-state index in [1.165, 1.54) is 5.01 Å². The van der Waals surface area contributed by atoms with E-state index in [-0.39, 0.29) is 11.8 Å². The fourth-order valence-electron chi connectivity index (χ4n) is 3.56. The lowest BCUT2D eigenvalue weighted by atomic mass is 9.94. The summed E-state index contributed by atoms with van der Waals surface area (Å²) in [5.74, 6) is 1.07. The number of carbonyl (C=O) groups is 1. The zero-order valence-corrected chi connectivity index (χ0v) is 15.7. The van der Waals surface area contributed by atoms with E-state index in [1.807, 2.05) is 25.7 Å². The lowest BCUT2D eigenvalue weighted by Crippen LogP contribution is -2.41. The first-order valence-corrected chi connectivity index (χ1v) is 9.55. The third-order valence-corrected chi connectivity index (χ3v) is 5.96. The molecule has 0 spiro atoms. The molecule has 0 bridgehead atoms. The van der Waals surface area contributed by atoms with Crippen LogP contribution < -0.4 is 0 Å². The molecule has 0 saturated carbocycles. The number of carbonyl (C=O) groups excluding carboxylic acids is 1. The van der Waals surface area contributed by atoms with E-state index in [1.54, 1.807) is 11.3 Å². The van der Waals surface area contributed by atoms with Crippen molar-refractivity contribution in [3.63, 3.8) is 0 Å². The Balaban J connectivity index is 1.73. The average Bonchev–Trinajstić information content (AvgIpc) is 3.20. The van der Waals surface area contributed by atoms with Gasteiger partial charge in [-0.1, -0.05) is 12.1 Å². The highest BCUT2D eigenvalue weighted by Crippen LogP contribution is 2.32. The number of amides is 1. The average molecular weight is 347 g/mol. The van der Waals surface area contributed by atoms with Crippen molar-refractivity contribution >= 4 is 17.2 Å². The van der Waals surface area contributed by atoms with E-state index >= 15 is 0 Å². The van der Waals surface area contributed by atoms with Crippen LogP contribution in [-0.4, -0.2) is 34.0 Å². The molecule has 0 unspecified atom stereocenters. The predicted octanol–water partition coefficient (Wildman–Crippen LogP) is 3.82. The number of piperidine rings is 1. The maximum atomic E-state index is 13.0. The summed E-state index contributed by atoms with van der Waals surface area (Å²) in [5.41, 5.74) is 2.90. The maximum absolute atomic E-state index is 13.0. The number of nitrogens with zero attached hydrogens (tertiary/aromatic N) is 3. The molecular weight excluding hydrogens is 322 g/mol. The smallest absolute Gasteiger partial charge is 0.230 e. The fraction of sp³-hybridized carbons (Fsp3) is 0.611. The summed E-state index contributed by atoms with van der Waals surface area (Å²) in [4.78, 5) is 19.7. The van der Waals surface area contributed by atoms with Crippen LogP contribution in [0.2, 0.25) is 0 Å². The molecule has 1 fully saturated rings. The van der Waals surface area contributed by atoms with Crippen LogP contribution >= 0.6 is 11.3 Å². The minimum absolute atomic E-state index is 0.168. The molecule has 2 aromatic heterocycles.